The molecule has 27 heavy (non-hydrogen) atoms. The van der Waals surface area contributed by atoms with Crippen LogP contribution in [0, 0.1) is 0 Å². The number of hydrogen-bond donors (Lipinski definition) is 3. The number of hydrogen-bond acceptors (Lipinski definition) is 4. The largest absolute Gasteiger partial charge is 0.495 e. The second-order valence-electron chi connectivity index (χ2n) is 6.18. The Balaban J connectivity index is 1.95. The summed E-state index contributed by atoms with van der Waals surface area (Å²) in [6.07, 6.45) is 1.96. The number of quaternary nitrogens is 1. The Bertz CT molecular complexity index is 798. The van der Waals surface area contributed by atoms with Crippen LogP contribution in [0.3, 0.4) is 0 Å². The standard InChI is InChI=1S/C20H25N3O3S/c1-14(20(25)22-15-9-5-7-11-17(15)26-3)23(2)13-19(24)21-16-10-6-8-12-18(16)27-4/h5-12,14H,13H2,1-4H3,(H,21,24)(H,22,25)/p+1/t14-/m0/s1. The Hall–Kier alpha value is -2.51. The number of nitrogens with one attached hydrogen (secondary N) is 3. The maximum Gasteiger partial charge on any atom is 0.282 e. The van der Waals surface area contributed by atoms with Crippen LogP contribution in [-0.2, 0) is 9.59 Å². The summed E-state index contributed by atoms with van der Waals surface area (Å²) in [7, 11) is 3.38. The van der Waals surface area contributed by atoms with Crippen LogP contribution in [0.25, 0.3) is 0 Å². The summed E-state index contributed by atoms with van der Waals surface area (Å²) in [5.74, 6) is 0.294. The highest BCUT2D eigenvalue weighted by atomic mass is 32.2. The predicted octanol–water partition coefficient (Wildman–Crippen LogP) is 1.90. The summed E-state index contributed by atoms with van der Waals surface area (Å²) in [6, 6.07) is 14.5. The summed E-state index contributed by atoms with van der Waals surface area (Å²) >= 11 is 1.57. The Labute approximate surface area is 164 Å². The first-order chi connectivity index (χ1) is 13.0. The van der Waals surface area contributed by atoms with Gasteiger partial charge in [0.2, 0.25) is 0 Å². The van der Waals surface area contributed by atoms with Gasteiger partial charge in [-0.3, -0.25) is 9.59 Å². The van der Waals surface area contributed by atoms with Crippen molar-refractivity contribution in [3.63, 3.8) is 0 Å². The number of benzene rings is 2. The van der Waals surface area contributed by atoms with Crippen molar-refractivity contribution in [3.05, 3.63) is 48.5 Å². The molecule has 0 heterocycles. The monoisotopic (exact) mass is 388 g/mol. The molecule has 2 aromatic carbocycles. The Morgan fingerprint density at radius 2 is 1.70 bits per heavy atom. The topological polar surface area (TPSA) is 71.9 Å². The van der Waals surface area contributed by atoms with Gasteiger partial charge in [-0.2, -0.15) is 0 Å². The molecule has 3 N–H and O–H groups in total. The number of rotatable bonds is 8. The number of para-hydroxylation sites is 3. The first kappa shape index (κ1) is 20.8. The third-order valence-corrected chi connectivity index (χ3v) is 5.11. The Kier molecular flexibility index (Phi) is 7.69. The van der Waals surface area contributed by atoms with Crippen LogP contribution in [-0.4, -0.2) is 44.8 Å². The fourth-order valence-corrected chi connectivity index (χ4v) is 3.11. The minimum Gasteiger partial charge on any atom is -0.495 e. The van der Waals surface area contributed by atoms with Crippen LogP contribution in [0.1, 0.15) is 6.92 Å². The molecule has 0 saturated carbocycles. The van der Waals surface area contributed by atoms with Crippen molar-refractivity contribution in [2.75, 3.05) is 37.6 Å². The molecule has 0 aliphatic carbocycles. The van der Waals surface area contributed by atoms with Gasteiger partial charge in [-0.25, -0.2) is 0 Å². The molecule has 1 unspecified atom stereocenters. The van der Waals surface area contributed by atoms with Crippen molar-refractivity contribution in [1.29, 1.82) is 0 Å². The smallest absolute Gasteiger partial charge is 0.282 e. The van der Waals surface area contributed by atoms with Gasteiger partial charge in [0.05, 0.1) is 25.5 Å². The number of likely N-dealkylation sites (N-methyl/N-ethyl adjacent to an activating group) is 1. The maximum absolute atomic E-state index is 12.5. The molecule has 6 nitrogen and oxygen atoms in total. The number of carbonyl (C=O) groups excluding carboxylic acids is 2. The van der Waals surface area contributed by atoms with E-state index in [9.17, 15) is 9.59 Å². The van der Waals surface area contributed by atoms with Crippen molar-refractivity contribution < 1.29 is 19.2 Å². The molecular formula is C20H26N3O3S+. The molecule has 2 atom stereocenters. The van der Waals surface area contributed by atoms with Crippen LogP contribution < -0.4 is 20.3 Å². The van der Waals surface area contributed by atoms with Gasteiger partial charge >= 0.3 is 0 Å². The van der Waals surface area contributed by atoms with E-state index in [1.165, 1.54) is 0 Å². The fraction of sp³-hybridized carbons (Fsp3) is 0.300. The van der Waals surface area contributed by atoms with E-state index in [1.807, 2.05) is 49.7 Å². The first-order valence-electron chi connectivity index (χ1n) is 8.65. The molecule has 0 fully saturated rings. The molecule has 144 valence electrons. The van der Waals surface area contributed by atoms with Crippen molar-refractivity contribution in [2.24, 2.45) is 0 Å². The minimum absolute atomic E-state index is 0.133. The average molecular weight is 389 g/mol. The van der Waals surface area contributed by atoms with Crippen LogP contribution in [0.15, 0.2) is 53.4 Å². The van der Waals surface area contributed by atoms with Crippen molar-refractivity contribution in [3.8, 4) is 5.75 Å². The lowest BCUT2D eigenvalue weighted by Gasteiger charge is -2.21. The zero-order chi connectivity index (χ0) is 19.8. The van der Waals surface area contributed by atoms with Crippen molar-refractivity contribution in [2.45, 2.75) is 17.9 Å². The number of carbonyl (C=O) groups is 2. The molecule has 0 aliphatic heterocycles. The molecule has 0 aliphatic rings. The lowest BCUT2D eigenvalue weighted by Crippen LogP contribution is -3.14. The van der Waals surface area contributed by atoms with Crippen LogP contribution in [0.4, 0.5) is 11.4 Å². The van der Waals surface area contributed by atoms with E-state index in [0.29, 0.717) is 11.4 Å². The number of thioether (sulfide) groups is 1. The molecule has 7 heteroatoms. The minimum atomic E-state index is -0.406. The van der Waals surface area contributed by atoms with E-state index in [-0.39, 0.29) is 18.4 Å². The van der Waals surface area contributed by atoms with Crippen LogP contribution in [0.2, 0.25) is 0 Å². The second-order valence-corrected chi connectivity index (χ2v) is 7.03. The highest BCUT2D eigenvalue weighted by molar-refractivity contribution is 7.98. The van der Waals surface area contributed by atoms with Gasteiger partial charge in [0.15, 0.2) is 12.6 Å². The van der Waals surface area contributed by atoms with Gasteiger partial charge in [-0.1, -0.05) is 24.3 Å². The zero-order valence-electron chi connectivity index (χ0n) is 16.0. The second kappa shape index (κ2) is 9.99. The van der Waals surface area contributed by atoms with Crippen molar-refractivity contribution >= 4 is 35.0 Å². The first-order valence-corrected chi connectivity index (χ1v) is 9.87. The Morgan fingerprint density at radius 1 is 1.07 bits per heavy atom. The predicted molar refractivity (Wildman–Crippen MR) is 110 cm³/mol. The normalized spacial score (nSPS) is 12.7. The molecular weight excluding hydrogens is 362 g/mol. The summed E-state index contributed by atoms with van der Waals surface area (Å²) in [4.78, 5) is 26.7. The third kappa shape index (κ3) is 5.74. The van der Waals surface area contributed by atoms with E-state index in [1.54, 1.807) is 37.9 Å². The molecule has 2 amide bonds. The summed E-state index contributed by atoms with van der Waals surface area (Å²) in [5, 5.41) is 5.79. The summed E-state index contributed by atoms with van der Waals surface area (Å²) in [5.41, 5.74) is 1.40. The number of methoxy groups -OCH3 is 1. The molecule has 2 aromatic rings. The lowest BCUT2D eigenvalue weighted by atomic mass is 10.2. The van der Waals surface area contributed by atoms with E-state index in [2.05, 4.69) is 10.6 Å². The SMILES string of the molecule is COc1ccccc1NC(=O)[C@H](C)[NH+](C)CC(=O)Nc1ccccc1SC. The summed E-state index contributed by atoms with van der Waals surface area (Å²) in [6.45, 7) is 1.98. The molecule has 0 aromatic heterocycles. The van der Waals surface area contributed by atoms with E-state index in [0.717, 1.165) is 15.5 Å². The molecule has 2 rings (SSSR count). The van der Waals surface area contributed by atoms with Gasteiger partial charge < -0.3 is 20.3 Å². The number of ether oxygens (including phenoxy) is 1. The van der Waals surface area contributed by atoms with Crippen LogP contribution >= 0.6 is 11.8 Å². The van der Waals surface area contributed by atoms with Gasteiger partial charge in [-0.15, -0.1) is 11.8 Å². The molecule has 0 saturated heterocycles. The maximum atomic E-state index is 12.5. The summed E-state index contributed by atoms with van der Waals surface area (Å²) < 4.78 is 5.25. The van der Waals surface area contributed by atoms with Gasteiger partial charge in [-0.05, 0) is 37.4 Å². The number of amides is 2. The van der Waals surface area contributed by atoms with E-state index < -0.39 is 6.04 Å². The number of anilines is 2. The fourth-order valence-electron chi connectivity index (χ4n) is 2.56. The van der Waals surface area contributed by atoms with Crippen LogP contribution in [0.5, 0.6) is 5.75 Å². The Morgan fingerprint density at radius 3 is 2.37 bits per heavy atom. The third-order valence-electron chi connectivity index (χ3n) is 4.32. The van der Waals surface area contributed by atoms with E-state index in [4.69, 9.17) is 4.74 Å². The molecule has 0 radical (unpaired) electrons. The molecule has 0 spiro atoms. The van der Waals surface area contributed by atoms with E-state index >= 15 is 0 Å². The molecule has 0 bridgehead atoms. The van der Waals surface area contributed by atoms with Gasteiger partial charge in [0.1, 0.15) is 5.75 Å². The highest BCUT2D eigenvalue weighted by Gasteiger charge is 2.25. The average Bonchev–Trinajstić information content (AvgIpc) is 2.68. The van der Waals surface area contributed by atoms with Gasteiger partial charge in [0.25, 0.3) is 11.8 Å². The highest BCUT2D eigenvalue weighted by Crippen LogP contribution is 2.24. The van der Waals surface area contributed by atoms with Crippen molar-refractivity contribution in [1.82, 2.24) is 0 Å². The zero-order valence-corrected chi connectivity index (χ0v) is 16.9. The quantitative estimate of drug-likeness (QED) is 0.604. The van der Waals surface area contributed by atoms with Gasteiger partial charge in [0, 0.05) is 4.90 Å². The lowest BCUT2D eigenvalue weighted by molar-refractivity contribution is -0.885.